The minimum absolute atomic E-state index is 0.442. The van der Waals surface area contributed by atoms with Crippen molar-refractivity contribution in [2.45, 2.75) is 45.1 Å². The van der Waals surface area contributed by atoms with Crippen LogP contribution in [0.25, 0.3) is 0 Å². The molecule has 0 radical (unpaired) electrons. The molecule has 78 valence electrons. The predicted molar refractivity (Wildman–Crippen MR) is 55.8 cm³/mol. The third-order valence-corrected chi connectivity index (χ3v) is 1.99. The molecule has 2 nitrogen and oxygen atoms in total. The van der Waals surface area contributed by atoms with Crippen molar-refractivity contribution in [3.63, 3.8) is 0 Å². The summed E-state index contributed by atoms with van der Waals surface area (Å²) in [6.45, 7) is 8.54. The summed E-state index contributed by atoms with van der Waals surface area (Å²) in [5, 5.41) is 9.79. The van der Waals surface area contributed by atoms with Gasteiger partial charge in [-0.05, 0) is 33.1 Å². The second-order valence-electron chi connectivity index (χ2n) is 3.67. The normalized spacial score (nSPS) is 15.3. The highest BCUT2D eigenvalue weighted by Gasteiger charge is 2.19. The minimum atomic E-state index is -0.656. The van der Waals surface area contributed by atoms with Crippen LogP contribution in [0.3, 0.4) is 0 Å². The van der Waals surface area contributed by atoms with E-state index in [1.807, 2.05) is 19.9 Å². The maximum absolute atomic E-state index is 9.79. The van der Waals surface area contributed by atoms with Crippen LogP contribution in [0.15, 0.2) is 12.7 Å². The maximum atomic E-state index is 9.79. The van der Waals surface area contributed by atoms with E-state index in [4.69, 9.17) is 4.74 Å². The Labute approximate surface area is 81.6 Å². The molecule has 1 unspecified atom stereocenters. The summed E-state index contributed by atoms with van der Waals surface area (Å²) in [6, 6.07) is 0. The van der Waals surface area contributed by atoms with Gasteiger partial charge in [-0.25, -0.2) is 0 Å². The first-order valence-electron chi connectivity index (χ1n) is 5.03. The average Bonchev–Trinajstić information content (AvgIpc) is 2.09. The van der Waals surface area contributed by atoms with Gasteiger partial charge in [0.1, 0.15) is 0 Å². The van der Waals surface area contributed by atoms with Crippen LogP contribution in [0.1, 0.15) is 39.5 Å². The SMILES string of the molecule is C=CCCCCC(C)(O)COCC. The Bertz CT molecular complexity index is 130. The fraction of sp³-hybridized carbons (Fsp3) is 0.818. The lowest BCUT2D eigenvalue weighted by molar-refractivity contribution is -0.0368. The van der Waals surface area contributed by atoms with Crippen molar-refractivity contribution >= 4 is 0 Å². The van der Waals surface area contributed by atoms with E-state index in [9.17, 15) is 5.11 Å². The van der Waals surface area contributed by atoms with Crippen LogP contribution < -0.4 is 0 Å². The Hall–Kier alpha value is -0.340. The Morgan fingerprint density at radius 3 is 2.69 bits per heavy atom. The average molecular weight is 186 g/mol. The molecule has 0 spiro atoms. The summed E-state index contributed by atoms with van der Waals surface area (Å²) in [7, 11) is 0. The van der Waals surface area contributed by atoms with E-state index in [2.05, 4.69) is 6.58 Å². The molecule has 0 aliphatic carbocycles. The van der Waals surface area contributed by atoms with Gasteiger partial charge in [-0.2, -0.15) is 0 Å². The van der Waals surface area contributed by atoms with Gasteiger partial charge in [0.25, 0.3) is 0 Å². The van der Waals surface area contributed by atoms with Gasteiger partial charge in [-0.1, -0.05) is 12.5 Å². The lowest BCUT2D eigenvalue weighted by Crippen LogP contribution is -2.30. The van der Waals surface area contributed by atoms with Crippen molar-refractivity contribution < 1.29 is 9.84 Å². The Morgan fingerprint density at radius 1 is 1.46 bits per heavy atom. The van der Waals surface area contributed by atoms with Crippen LogP contribution in [0.5, 0.6) is 0 Å². The standard InChI is InChI=1S/C11H22O2/c1-4-6-7-8-9-11(3,12)10-13-5-2/h4,12H,1,5-10H2,2-3H3. The second kappa shape index (κ2) is 7.10. The number of aliphatic hydroxyl groups is 1. The van der Waals surface area contributed by atoms with E-state index in [1.165, 1.54) is 0 Å². The quantitative estimate of drug-likeness (QED) is 0.466. The molecule has 0 rings (SSSR count). The van der Waals surface area contributed by atoms with Crippen molar-refractivity contribution in [3.8, 4) is 0 Å². The molecule has 0 saturated heterocycles. The molecule has 13 heavy (non-hydrogen) atoms. The van der Waals surface area contributed by atoms with E-state index in [0.29, 0.717) is 13.2 Å². The fourth-order valence-electron chi connectivity index (χ4n) is 1.19. The van der Waals surface area contributed by atoms with Crippen molar-refractivity contribution in [3.05, 3.63) is 12.7 Å². The number of hydrogen-bond acceptors (Lipinski definition) is 2. The van der Waals surface area contributed by atoms with Gasteiger partial charge >= 0.3 is 0 Å². The first-order chi connectivity index (χ1) is 6.12. The van der Waals surface area contributed by atoms with Crippen molar-refractivity contribution in [2.75, 3.05) is 13.2 Å². The Kier molecular flexibility index (Phi) is 6.92. The first kappa shape index (κ1) is 12.7. The molecule has 2 heteroatoms. The summed E-state index contributed by atoms with van der Waals surface area (Å²) in [6.07, 6.45) is 5.89. The molecule has 0 fully saturated rings. The number of allylic oxidation sites excluding steroid dienone is 1. The minimum Gasteiger partial charge on any atom is -0.388 e. The van der Waals surface area contributed by atoms with Gasteiger partial charge in [-0.15, -0.1) is 6.58 Å². The van der Waals surface area contributed by atoms with Crippen LogP contribution in [-0.2, 0) is 4.74 Å². The zero-order valence-corrected chi connectivity index (χ0v) is 8.88. The van der Waals surface area contributed by atoms with Crippen LogP contribution in [0, 0.1) is 0 Å². The molecule has 0 aromatic rings. The highest BCUT2D eigenvalue weighted by atomic mass is 16.5. The van der Waals surface area contributed by atoms with E-state index in [-0.39, 0.29) is 0 Å². The molecule has 0 bridgehead atoms. The largest absolute Gasteiger partial charge is 0.388 e. The Morgan fingerprint density at radius 2 is 2.15 bits per heavy atom. The smallest absolute Gasteiger partial charge is 0.0852 e. The number of rotatable bonds is 8. The van der Waals surface area contributed by atoms with E-state index in [0.717, 1.165) is 25.7 Å². The number of unbranched alkanes of at least 4 members (excludes halogenated alkanes) is 2. The third kappa shape index (κ3) is 8.00. The molecule has 0 aliphatic heterocycles. The fourth-order valence-corrected chi connectivity index (χ4v) is 1.19. The van der Waals surface area contributed by atoms with E-state index >= 15 is 0 Å². The van der Waals surface area contributed by atoms with Gasteiger partial charge in [0, 0.05) is 6.61 Å². The molecule has 0 aromatic heterocycles. The Balaban J connectivity index is 3.44. The zero-order chi connectivity index (χ0) is 10.2. The lowest BCUT2D eigenvalue weighted by Gasteiger charge is -2.22. The summed E-state index contributed by atoms with van der Waals surface area (Å²) >= 11 is 0. The molecule has 1 atom stereocenters. The maximum Gasteiger partial charge on any atom is 0.0852 e. The van der Waals surface area contributed by atoms with E-state index in [1.54, 1.807) is 0 Å². The number of hydrogen-bond donors (Lipinski definition) is 1. The second-order valence-corrected chi connectivity index (χ2v) is 3.67. The molecule has 0 saturated carbocycles. The summed E-state index contributed by atoms with van der Waals surface area (Å²) < 4.78 is 5.19. The molecule has 0 heterocycles. The van der Waals surface area contributed by atoms with Gasteiger partial charge in [0.15, 0.2) is 0 Å². The number of ether oxygens (including phenoxy) is 1. The van der Waals surface area contributed by atoms with Gasteiger partial charge in [0.2, 0.25) is 0 Å². The zero-order valence-electron chi connectivity index (χ0n) is 8.88. The summed E-state index contributed by atoms with van der Waals surface area (Å²) in [5.74, 6) is 0. The monoisotopic (exact) mass is 186 g/mol. The molecule has 0 aromatic carbocycles. The highest BCUT2D eigenvalue weighted by molar-refractivity contribution is 4.73. The van der Waals surface area contributed by atoms with Crippen molar-refractivity contribution in [1.29, 1.82) is 0 Å². The van der Waals surface area contributed by atoms with Crippen LogP contribution >= 0.6 is 0 Å². The third-order valence-electron chi connectivity index (χ3n) is 1.99. The van der Waals surface area contributed by atoms with E-state index < -0.39 is 5.60 Å². The topological polar surface area (TPSA) is 29.5 Å². The molecule has 0 aliphatic rings. The van der Waals surface area contributed by atoms with Crippen LogP contribution in [-0.4, -0.2) is 23.9 Å². The molecule has 0 amide bonds. The predicted octanol–water partition coefficient (Wildman–Crippen LogP) is 2.52. The van der Waals surface area contributed by atoms with Gasteiger partial charge < -0.3 is 9.84 Å². The summed E-state index contributed by atoms with van der Waals surface area (Å²) in [5.41, 5.74) is -0.656. The molecule has 1 N–H and O–H groups in total. The van der Waals surface area contributed by atoms with Crippen LogP contribution in [0.4, 0.5) is 0 Å². The highest BCUT2D eigenvalue weighted by Crippen LogP contribution is 2.14. The molecular weight excluding hydrogens is 164 g/mol. The van der Waals surface area contributed by atoms with Crippen LogP contribution in [0.2, 0.25) is 0 Å². The van der Waals surface area contributed by atoms with Crippen molar-refractivity contribution in [1.82, 2.24) is 0 Å². The molecular formula is C11H22O2. The van der Waals surface area contributed by atoms with Gasteiger partial charge in [-0.3, -0.25) is 0 Å². The first-order valence-corrected chi connectivity index (χ1v) is 5.03. The van der Waals surface area contributed by atoms with Crippen molar-refractivity contribution in [2.24, 2.45) is 0 Å². The lowest BCUT2D eigenvalue weighted by atomic mass is 9.99. The van der Waals surface area contributed by atoms with Gasteiger partial charge in [0.05, 0.1) is 12.2 Å². The summed E-state index contributed by atoms with van der Waals surface area (Å²) in [4.78, 5) is 0.